The van der Waals surface area contributed by atoms with Crippen LogP contribution in [0.5, 0.6) is 0 Å². The number of imide groups is 1. The summed E-state index contributed by atoms with van der Waals surface area (Å²) in [4.78, 5) is 33.3. The fourth-order valence-electron chi connectivity index (χ4n) is 2.60. The molecule has 0 unspecified atom stereocenters. The number of hydrogen-bond donors (Lipinski definition) is 2. The lowest BCUT2D eigenvalue weighted by Crippen LogP contribution is -2.42. The molecule has 0 saturated carbocycles. The van der Waals surface area contributed by atoms with Crippen LogP contribution in [0.15, 0.2) is 71.9 Å². The van der Waals surface area contributed by atoms with Gasteiger partial charge in [0.1, 0.15) is 0 Å². The topological polar surface area (TPSA) is 84.0 Å². The highest BCUT2D eigenvalue weighted by Gasteiger charge is 2.19. The zero-order valence-corrected chi connectivity index (χ0v) is 17.1. The fourth-order valence-corrected chi connectivity index (χ4v) is 3.43. The Bertz CT molecular complexity index is 981. The van der Waals surface area contributed by atoms with Gasteiger partial charge in [-0.1, -0.05) is 72.4 Å². The molecule has 6 nitrogen and oxygen atoms in total. The van der Waals surface area contributed by atoms with E-state index >= 15 is 0 Å². The Labute approximate surface area is 174 Å². The number of benzene rings is 2. The molecule has 7 heteroatoms. The van der Waals surface area contributed by atoms with Gasteiger partial charge in [0.25, 0.3) is 0 Å². The summed E-state index contributed by atoms with van der Waals surface area (Å²) in [6.45, 7) is 3.96. The van der Waals surface area contributed by atoms with Crippen molar-refractivity contribution >= 4 is 23.7 Å². The molecule has 0 aliphatic carbocycles. The van der Waals surface area contributed by atoms with Crippen molar-refractivity contribution in [2.45, 2.75) is 30.8 Å². The first-order chi connectivity index (χ1) is 14.0. The molecule has 0 aliphatic rings. The monoisotopic (exact) mass is 406 g/mol. The number of nitrogens with zero attached hydrogens (tertiary/aromatic N) is 2. The second-order valence-corrected chi connectivity index (χ2v) is 7.77. The molecule has 0 saturated heterocycles. The maximum atomic E-state index is 12.4. The Morgan fingerprint density at radius 3 is 2.34 bits per heavy atom. The van der Waals surface area contributed by atoms with Crippen molar-refractivity contribution in [3.05, 3.63) is 78.0 Å². The van der Waals surface area contributed by atoms with Crippen molar-refractivity contribution in [3.8, 4) is 11.3 Å². The normalized spacial score (nSPS) is 11.5. The minimum atomic E-state index is -0.526. The third kappa shape index (κ3) is 6.15. The lowest BCUT2D eigenvalue weighted by atomic mass is 10.1. The summed E-state index contributed by atoms with van der Waals surface area (Å²) < 4.78 is 0. The van der Waals surface area contributed by atoms with Gasteiger partial charge in [-0.2, -0.15) is 0 Å². The number of nitrogens with one attached hydrogen (secondary N) is 2. The zero-order valence-electron chi connectivity index (χ0n) is 16.3. The summed E-state index contributed by atoms with van der Waals surface area (Å²) in [6, 6.07) is 20.7. The number of aryl methyl sites for hydroxylation is 1. The third-order valence-electron chi connectivity index (χ3n) is 4.09. The molecule has 0 aliphatic heterocycles. The van der Waals surface area contributed by atoms with E-state index < -0.39 is 17.2 Å². The summed E-state index contributed by atoms with van der Waals surface area (Å²) in [5.74, 6) is -0.396. The van der Waals surface area contributed by atoms with E-state index in [1.165, 1.54) is 11.8 Å². The molecule has 0 radical (unpaired) electrons. The van der Waals surface area contributed by atoms with Gasteiger partial charge in [0.2, 0.25) is 5.91 Å². The molecule has 148 valence electrons. The first-order valence-corrected chi connectivity index (χ1v) is 10.1. The van der Waals surface area contributed by atoms with E-state index in [1.54, 1.807) is 6.92 Å². The molecule has 3 rings (SSSR count). The Morgan fingerprint density at radius 2 is 1.66 bits per heavy atom. The highest BCUT2D eigenvalue weighted by atomic mass is 32.2. The summed E-state index contributed by atoms with van der Waals surface area (Å²) >= 11 is 1.22. The van der Waals surface area contributed by atoms with E-state index in [1.807, 2.05) is 73.7 Å². The first kappa shape index (κ1) is 20.5. The summed E-state index contributed by atoms with van der Waals surface area (Å²) in [7, 11) is 0. The van der Waals surface area contributed by atoms with Crippen LogP contribution in [0.4, 0.5) is 4.79 Å². The van der Waals surface area contributed by atoms with E-state index in [0.717, 1.165) is 22.5 Å². The lowest BCUT2D eigenvalue weighted by molar-refractivity contribution is -0.119. The van der Waals surface area contributed by atoms with Crippen molar-refractivity contribution in [1.29, 1.82) is 0 Å². The number of aromatic nitrogens is 2. The van der Waals surface area contributed by atoms with E-state index in [4.69, 9.17) is 0 Å². The average molecular weight is 407 g/mol. The van der Waals surface area contributed by atoms with Crippen LogP contribution in [0.1, 0.15) is 18.2 Å². The van der Waals surface area contributed by atoms with Crippen LogP contribution >= 0.6 is 11.8 Å². The molecular weight excluding hydrogens is 384 g/mol. The van der Waals surface area contributed by atoms with Gasteiger partial charge in [0.15, 0.2) is 5.16 Å². The molecule has 2 N–H and O–H groups in total. The van der Waals surface area contributed by atoms with Crippen LogP contribution < -0.4 is 10.6 Å². The number of amides is 3. The lowest BCUT2D eigenvalue weighted by Gasteiger charge is -2.12. The van der Waals surface area contributed by atoms with Gasteiger partial charge in [0, 0.05) is 17.8 Å². The second kappa shape index (κ2) is 9.84. The predicted molar refractivity (Wildman–Crippen MR) is 114 cm³/mol. The average Bonchev–Trinajstić information content (AvgIpc) is 2.73. The van der Waals surface area contributed by atoms with Crippen molar-refractivity contribution < 1.29 is 9.59 Å². The molecule has 29 heavy (non-hydrogen) atoms. The Morgan fingerprint density at radius 1 is 1.00 bits per heavy atom. The Kier molecular flexibility index (Phi) is 6.97. The molecule has 1 atom stereocenters. The number of rotatable bonds is 6. The van der Waals surface area contributed by atoms with Gasteiger partial charge < -0.3 is 5.32 Å². The molecule has 1 aromatic heterocycles. The van der Waals surface area contributed by atoms with Gasteiger partial charge in [0.05, 0.1) is 10.9 Å². The van der Waals surface area contributed by atoms with Crippen molar-refractivity contribution in [2.75, 3.05) is 0 Å². The van der Waals surface area contributed by atoms with Crippen LogP contribution in [0, 0.1) is 6.92 Å². The highest BCUT2D eigenvalue weighted by molar-refractivity contribution is 8.00. The molecule has 0 bridgehead atoms. The minimum absolute atomic E-state index is 0.350. The smallest absolute Gasteiger partial charge is 0.321 e. The van der Waals surface area contributed by atoms with Gasteiger partial charge in [-0.15, -0.1) is 0 Å². The number of hydrogen-bond acceptors (Lipinski definition) is 5. The molecule has 0 fully saturated rings. The van der Waals surface area contributed by atoms with E-state index in [2.05, 4.69) is 20.6 Å². The zero-order chi connectivity index (χ0) is 20.6. The minimum Gasteiger partial charge on any atom is -0.334 e. The molecule has 1 heterocycles. The Balaban J connectivity index is 1.58. The highest BCUT2D eigenvalue weighted by Crippen LogP contribution is 2.24. The van der Waals surface area contributed by atoms with E-state index in [-0.39, 0.29) is 0 Å². The van der Waals surface area contributed by atoms with Crippen LogP contribution in [0.2, 0.25) is 0 Å². The molecule has 2 aromatic carbocycles. The fraction of sp³-hybridized carbons (Fsp3) is 0.182. The predicted octanol–water partition coefficient (Wildman–Crippen LogP) is 3.96. The quantitative estimate of drug-likeness (QED) is 0.478. The summed E-state index contributed by atoms with van der Waals surface area (Å²) in [6.07, 6.45) is 0. The van der Waals surface area contributed by atoms with Crippen molar-refractivity contribution in [3.63, 3.8) is 0 Å². The Hall–Kier alpha value is -3.19. The van der Waals surface area contributed by atoms with E-state index in [0.29, 0.717) is 11.7 Å². The number of urea groups is 1. The SMILES string of the molecule is Cc1cc(-c2ccccc2)nc(S[C@@H](C)C(=O)NC(=O)NCc2ccccc2)n1. The van der Waals surface area contributed by atoms with Gasteiger partial charge >= 0.3 is 6.03 Å². The summed E-state index contributed by atoms with van der Waals surface area (Å²) in [5, 5.41) is 5.01. The molecule has 3 amide bonds. The molecular formula is C22H22N4O2S. The first-order valence-electron chi connectivity index (χ1n) is 9.21. The van der Waals surface area contributed by atoms with Crippen LogP contribution in [0.25, 0.3) is 11.3 Å². The number of carbonyl (C=O) groups excluding carboxylic acids is 2. The summed E-state index contributed by atoms with van der Waals surface area (Å²) in [5.41, 5.74) is 3.56. The van der Waals surface area contributed by atoms with E-state index in [9.17, 15) is 9.59 Å². The van der Waals surface area contributed by atoms with Crippen molar-refractivity contribution in [2.24, 2.45) is 0 Å². The van der Waals surface area contributed by atoms with Crippen LogP contribution in [0.3, 0.4) is 0 Å². The third-order valence-corrected chi connectivity index (χ3v) is 5.05. The number of thioether (sulfide) groups is 1. The maximum Gasteiger partial charge on any atom is 0.321 e. The standard InChI is InChI=1S/C22H22N4O2S/c1-15-13-19(18-11-7-4-8-12-18)25-22(24-15)29-16(2)20(27)26-21(28)23-14-17-9-5-3-6-10-17/h3-13,16H,14H2,1-2H3,(H2,23,26,27,28)/t16-/m0/s1. The van der Waals surface area contributed by atoms with Gasteiger partial charge in [-0.25, -0.2) is 14.8 Å². The van der Waals surface area contributed by atoms with Gasteiger partial charge in [-0.05, 0) is 25.5 Å². The second-order valence-electron chi connectivity index (χ2n) is 6.46. The van der Waals surface area contributed by atoms with Crippen LogP contribution in [-0.4, -0.2) is 27.2 Å². The van der Waals surface area contributed by atoms with Crippen molar-refractivity contribution in [1.82, 2.24) is 20.6 Å². The van der Waals surface area contributed by atoms with Gasteiger partial charge in [-0.3, -0.25) is 10.1 Å². The maximum absolute atomic E-state index is 12.4. The number of carbonyl (C=O) groups is 2. The molecule has 0 spiro atoms. The molecule has 3 aromatic rings. The largest absolute Gasteiger partial charge is 0.334 e. The van der Waals surface area contributed by atoms with Crippen LogP contribution in [-0.2, 0) is 11.3 Å².